The monoisotopic (exact) mass is 328 g/mol. The van der Waals surface area contributed by atoms with Crippen LogP contribution in [0.2, 0.25) is 0 Å². The van der Waals surface area contributed by atoms with Gasteiger partial charge in [0.1, 0.15) is 0 Å². The van der Waals surface area contributed by atoms with E-state index in [2.05, 4.69) is 10.2 Å². The summed E-state index contributed by atoms with van der Waals surface area (Å²) in [5.74, 6) is 0.916. The second kappa shape index (κ2) is 8.32. The molecule has 24 heavy (non-hydrogen) atoms. The first-order chi connectivity index (χ1) is 11.7. The standard InChI is InChI=1S/C20H28N2O2/c23-19(15-16-7-2-1-3-8-16)21-13-12-20(24)22-14-6-10-17-9-4-5-11-18(17)22/h1-3,7-8,17-18H,4-6,9-15H2,(H,21,23). The average molecular weight is 328 g/mol. The molecule has 3 rings (SSSR count). The van der Waals surface area contributed by atoms with Crippen LogP contribution in [0, 0.1) is 5.92 Å². The van der Waals surface area contributed by atoms with E-state index in [0.717, 1.165) is 24.9 Å². The summed E-state index contributed by atoms with van der Waals surface area (Å²) in [6.07, 6.45) is 8.22. The maximum Gasteiger partial charge on any atom is 0.224 e. The minimum atomic E-state index is -0.0109. The van der Waals surface area contributed by atoms with Gasteiger partial charge in [0.15, 0.2) is 0 Å². The van der Waals surface area contributed by atoms with Crippen LogP contribution in [0.4, 0.5) is 0 Å². The summed E-state index contributed by atoms with van der Waals surface area (Å²) in [6, 6.07) is 10.2. The Labute approximate surface area is 144 Å². The highest BCUT2D eigenvalue weighted by Crippen LogP contribution is 2.35. The van der Waals surface area contributed by atoms with Crippen LogP contribution in [-0.2, 0) is 16.0 Å². The molecule has 1 aromatic rings. The van der Waals surface area contributed by atoms with Crippen molar-refractivity contribution in [3.63, 3.8) is 0 Å². The lowest BCUT2D eigenvalue weighted by atomic mass is 9.78. The van der Waals surface area contributed by atoms with Gasteiger partial charge in [0.25, 0.3) is 0 Å². The van der Waals surface area contributed by atoms with Crippen molar-refractivity contribution in [2.24, 2.45) is 5.92 Å². The smallest absolute Gasteiger partial charge is 0.224 e. The molecule has 1 saturated carbocycles. The van der Waals surface area contributed by atoms with E-state index in [1.54, 1.807) is 0 Å². The zero-order chi connectivity index (χ0) is 16.8. The Morgan fingerprint density at radius 3 is 2.62 bits per heavy atom. The van der Waals surface area contributed by atoms with Crippen molar-refractivity contribution in [1.29, 1.82) is 0 Å². The molecule has 2 atom stereocenters. The van der Waals surface area contributed by atoms with E-state index in [9.17, 15) is 9.59 Å². The fourth-order valence-corrected chi connectivity index (χ4v) is 4.23. The molecule has 0 radical (unpaired) electrons. The molecule has 130 valence electrons. The van der Waals surface area contributed by atoms with E-state index < -0.39 is 0 Å². The molecule has 2 aliphatic rings. The van der Waals surface area contributed by atoms with E-state index in [0.29, 0.717) is 31.3 Å². The Morgan fingerprint density at radius 2 is 1.79 bits per heavy atom. The SMILES string of the molecule is O=C(Cc1ccccc1)NCCC(=O)N1CCCC2CCCCC21. The first-order valence-corrected chi connectivity index (χ1v) is 9.34. The molecule has 2 amide bonds. The number of rotatable bonds is 5. The highest BCUT2D eigenvalue weighted by molar-refractivity contribution is 5.80. The fourth-order valence-electron chi connectivity index (χ4n) is 4.23. The molecule has 1 saturated heterocycles. The predicted molar refractivity (Wildman–Crippen MR) is 94.5 cm³/mol. The molecule has 1 aliphatic heterocycles. The Hall–Kier alpha value is -1.84. The van der Waals surface area contributed by atoms with Crippen molar-refractivity contribution in [3.05, 3.63) is 35.9 Å². The average Bonchev–Trinajstić information content (AvgIpc) is 2.62. The first-order valence-electron chi connectivity index (χ1n) is 9.34. The van der Waals surface area contributed by atoms with Gasteiger partial charge in [-0.1, -0.05) is 43.2 Å². The quantitative estimate of drug-likeness (QED) is 0.903. The van der Waals surface area contributed by atoms with Gasteiger partial charge in [-0.05, 0) is 37.2 Å². The molecule has 1 aliphatic carbocycles. The Bertz CT molecular complexity index is 556. The number of nitrogens with one attached hydrogen (secondary N) is 1. The van der Waals surface area contributed by atoms with Crippen molar-refractivity contribution < 1.29 is 9.59 Å². The second-order valence-electron chi connectivity index (χ2n) is 7.10. The normalized spacial score (nSPS) is 23.4. The van der Waals surface area contributed by atoms with Crippen LogP contribution in [0.3, 0.4) is 0 Å². The zero-order valence-electron chi connectivity index (χ0n) is 14.4. The van der Waals surface area contributed by atoms with Crippen LogP contribution in [-0.4, -0.2) is 35.8 Å². The third-order valence-electron chi connectivity index (χ3n) is 5.43. The maximum absolute atomic E-state index is 12.6. The Balaban J connectivity index is 1.42. The van der Waals surface area contributed by atoms with Gasteiger partial charge in [-0.3, -0.25) is 9.59 Å². The van der Waals surface area contributed by atoms with Crippen LogP contribution in [0.15, 0.2) is 30.3 Å². The molecular weight excluding hydrogens is 300 g/mol. The summed E-state index contributed by atoms with van der Waals surface area (Å²) in [4.78, 5) is 26.6. The number of nitrogens with zero attached hydrogens (tertiary/aromatic N) is 1. The fraction of sp³-hybridized carbons (Fsp3) is 0.600. The number of hydrogen-bond acceptors (Lipinski definition) is 2. The van der Waals surface area contributed by atoms with E-state index in [1.165, 1.54) is 25.7 Å². The number of hydrogen-bond donors (Lipinski definition) is 1. The van der Waals surface area contributed by atoms with E-state index >= 15 is 0 Å². The molecule has 0 bridgehead atoms. The van der Waals surface area contributed by atoms with Gasteiger partial charge < -0.3 is 10.2 Å². The number of benzene rings is 1. The van der Waals surface area contributed by atoms with Gasteiger partial charge in [-0.15, -0.1) is 0 Å². The van der Waals surface area contributed by atoms with E-state index in [4.69, 9.17) is 0 Å². The largest absolute Gasteiger partial charge is 0.355 e. The summed E-state index contributed by atoms with van der Waals surface area (Å²) >= 11 is 0. The van der Waals surface area contributed by atoms with E-state index in [1.807, 2.05) is 30.3 Å². The number of likely N-dealkylation sites (tertiary alicyclic amines) is 1. The topological polar surface area (TPSA) is 49.4 Å². The molecular formula is C20H28N2O2. The lowest BCUT2D eigenvalue weighted by Crippen LogP contribution is -2.50. The summed E-state index contributed by atoms with van der Waals surface area (Å²) < 4.78 is 0. The van der Waals surface area contributed by atoms with Gasteiger partial charge >= 0.3 is 0 Å². The molecule has 1 aromatic carbocycles. The van der Waals surface area contributed by atoms with Crippen LogP contribution < -0.4 is 5.32 Å². The molecule has 4 nitrogen and oxygen atoms in total. The highest BCUT2D eigenvalue weighted by atomic mass is 16.2. The molecule has 4 heteroatoms. The molecule has 0 aromatic heterocycles. The van der Waals surface area contributed by atoms with Gasteiger partial charge in [0.05, 0.1) is 6.42 Å². The minimum absolute atomic E-state index is 0.0109. The summed E-state index contributed by atoms with van der Waals surface area (Å²) in [5, 5.41) is 2.89. The summed E-state index contributed by atoms with van der Waals surface area (Å²) in [7, 11) is 0. The summed E-state index contributed by atoms with van der Waals surface area (Å²) in [5.41, 5.74) is 1.00. The molecule has 2 unspecified atom stereocenters. The molecule has 1 N–H and O–H groups in total. The minimum Gasteiger partial charge on any atom is -0.355 e. The van der Waals surface area contributed by atoms with Crippen molar-refractivity contribution in [2.45, 2.75) is 57.4 Å². The van der Waals surface area contributed by atoms with Crippen molar-refractivity contribution in [1.82, 2.24) is 10.2 Å². The third kappa shape index (κ3) is 4.37. The first kappa shape index (κ1) is 17.0. The Morgan fingerprint density at radius 1 is 1.04 bits per heavy atom. The van der Waals surface area contributed by atoms with E-state index in [-0.39, 0.29) is 11.8 Å². The summed E-state index contributed by atoms with van der Waals surface area (Å²) in [6.45, 7) is 1.34. The van der Waals surface area contributed by atoms with Crippen molar-refractivity contribution in [2.75, 3.05) is 13.1 Å². The molecule has 0 spiro atoms. The number of carbonyl (C=O) groups excluding carboxylic acids is 2. The van der Waals surface area contributed by atoms with Gasteiger partial charge in [0.2, 0.25) is 11.8 Å². The predicted octanol–water partition coefficient (Wildman–Crippen LogP) is 2.92. The molecule has 1 heterocycles. The van der Waals surface area contributed by atoms with Gasteiger partial charge in [-0.2, -0.15) is 0 Å². The number of fused-ring (bicyclic) bond motifs is 1. The molecule has 2 fully saturated rings. The lowest BCUT2D eigenvalue weighted by molar-refractivity contribution is -0.137. The number of amides is 2. The van der Waals surface area contributed by atoms with Crippen LogP contribution in [0.1, 0.15) is 50.5 Å². The number of carbonyl (C=O) groups is 2. The number of piperidine rings is 1. The Kier molecular flexibility index (Phi) is 5.89. The van der Waals surface area contributed by atoms with Crippen LogP contribution in [0.5, 0.6) is 0 Å². The highest BCUT2D eigenvalue weighted by Gasteiger charge is 2.35. The van der Waals surface area contributed by atoms with Gasteiger partial charge in [0, 0.05) is 25.6 Å². The second-order valence-corrected chi connectivity index (χ2v) is 7.10. The maximum atomic E-state index is 12.6. The zero-order valence-corrected chi connectivity index (χ0v) is 14.4. The lowest BCUT2D eigenvalue weighted by Gasteiger charge is -2.44. The van der Waals surface area contributed by atoms with Crippen LogP contribution >= 0.6 is 0 Å². The third-order valence-corrected chi connectivity index (χ3v) is 5.43. The van der Waals surface area contributed by atoms with Gasteiger partial charge in [-0.25, -0.2) is 0 Å². The van der Waals surface area contributed by atoms with Crippen molar-refractivity contribution in [3.8, 4) is 0 Å². The van der Waals surface area contributed by atoms with Crippen molar-refractivity contribution >= 4 is 11.8 Å². The van der Waals surface area contributed by atoms with Crippen LogP contribution in [0.25, 0.3) is 0 Å².